The van der Waals surface area contributed by atoms with Gasteiger partial charge < -0.3 is 26.0 Å². The van der Waals surface area contributed by atoms with E-state index in [2.05, 4.69) is 10.6 Å². The lowest BCUT2D eigenvalue weighted by molar-refractivity contribution is -0.122. The number of hydrogen-bond donors (Lipinski definition) is 4. The summed E-state index contributed by atoms with van der Waals surface area (Å²) in [6.45, 7) is 3.48. The van der Waals surface area contributed by atoms with Gasteiger partial charge in [-0.05, 0) is 56.1 Å². The fraction of sp³-hybridized carbons (Fsp3) is 0.632. The smallest absolute Gasteiger partial charge is 0.534 e. The summed E-state index contributed by atoms with van der Waals surface area (Å²) >= 11 is 0. The second kappa shape index (κ2) is 8.89. The molecular formula is C19H30BN3O3. The SMILES string of the molecule is Cc1cccc2c1OB(O)[C@@H](NC(=O)CC1CCC(NCCN)CC1)C2. The lowest BCUT2D eigenvalue weighted by Crippen LogP contribution is -2.53. The van der Waals surface area contributed by atoms with Crippen LogP contribution in [-0.4, -0.2) is 43.1 Å². The van der Waals surface area contributed by atoms with Gasteiger partial charge in [0.2, 0.25) is 5.91 Å². The molecule has 1 fully saturated rings. The molecule has 1 amide bonds. The predicted molar refractivity (Wildman–Crippen MR) is 103 cm³/mol. The first-order valence-corrected chi connectivity index (χ1v) is 9.73. The Hall–Kier alpha value is -1.57. The Morgan fingerprint density at radius 3 is 2.85 bits per heavy atom. The van der Waals surface area contributed by atoms with Crippen LogP contribution in [-0.2, 0) is 11.2 Å². The highest BCUT2D eigenvalue weighted by Crippen LogP contribution is 2.30. The molecule has 1 atom stereocenters. The third-order valence-electron chi connectivity index (χ3n) is 5.56. The van der Waals surface area contributed by atoms with Crippen LogP contribution in [0.4, 0.5) is 0 Å². The molecule has 7 heteroatoms. The fourth-order valence-electron chi connectivity index (χ4n) is 4.09. The fourth-order valence-corrected chi connectivity index (χ4v) is 4.09. The third kappa shape index (κ3) is 4.78. The molecule has 6 nitrogen and oxygen atoms in total. The van der Waals surface area contributed by atoms with E-state index in [0.29, 0.717) is 31.3 Å². The minimum absolute atomic E-state index is 0.00659. The van der Waals surface area contributed by atoms with E-state index in [1.165, 1.54) is 0 Å². The highest BCUT2D eigenvalue weighted by molar-refractivity contribution is 6.46. The normalized spacial score (nSPS) is 25.3. The van der Waals surface area contributed by atoms with Crippen LogP contribution in [0.15, 0.2) is 18.2 Å². The molecule has 0 bridgehead atoms. The second-order valence-corrected chi connectivity index (χ2v) is 7.61. The zero-order chi connectivity index (χ0) is 18.5. The van der Waals surface area contributed by atoms with E-state index in [0.717, 1.165) is 49.1 Å². The van der Waals surface area contributed by atoms with Crippen LogP contribution in [0.3, 0.4) is 0 Å². The van der Waals surface area contributed by atoms with Crippen LogP contribution < -0.4 is 21.0 Å². The Labute approximate surface area is 156 Å². The van der Waals surface area contributed by atoms with Crippen molar-refractivity contribution in [3.63, 3.8) is 0 Å². The minimum atomic E-state index is -0.997. The van der Waals surface area contributed by atoms with E-state index in [1.807, 2.05) is 25.1 Å². The number of carbonyl (C=O) groups excluding carboxylic acids is 1. The van der Waals surface area contributed by atoms with Crippen LogP contribution in [0.2, 0.25) is 0 Å². The first-order valence-electron chi connectivity index (χ1n) is 9.73. The number of hydrogen-bond acceptors (Lipinski definition) is 5. The maximum absolute atomic E-state index is 12.4. The molecule has 1 aromatic rings. The molecule has 1 aliphatic heterocycles. The van der Waals surface area contributed by atoms with Gasteiger partial charge in [0.15, 0.2) is 0 Å². The van der Waals surface area contributed by atoms with Gasteiger partial charge in [0.05, 0.1) is 5.94 Å². The van der Waals surface area contributed by atoms with E-state index in [-0.39, 0.29) is 11.8 Å². The maximum atomic E-state index is 12.4. The molecule has 26 heavy (non-hydrogen) atoms. The van der Waals surface area contributed by atoms with E-state index in [9.17, 15) is 9.82 Å². The highest BCUT2D eigenvalue weighted by atomic mass is 16.5. The number of amides is 1. The van der Waals surface area contributed by atoms with Gasteiger partial charge in [0.25, 0.3) is 0 Å². The van der Waals surface area contributed by atoms with Crippen LogP contribution >= 0.6 is 0 Å². The summed E-state index contributed by atoms with van der Waals surface area (Å²) in [5.74, 6) is 0.780. The van der Waals surface area contributed by atoms with Crippen molar-refractivity contribution in [2.24, 2.45) is 11.7 Å². The zero-order valence-corrected chi connectivity index (χ0v) is 15.5. The molecule has 5 N–H and O–H groups in total. The summed E-state index contributed by atoms with van der Waals surface area (Å²) in [6.07, 6.45) is 5.43. The van der Waals surface area contributed by atoms with E-state index in [4.69, 9.17) is 10.4 Å². The molecular weight excluding hydrogens is 329 g/mol. The standard InChI is InChI=1S/C19H30BN3O3/c1-13-3-2-4-15-12-17(20(25)26-19(13)15)23-18(24)11-14-5-7-16(8-6-14)22-10-9-21/h2-4,14,16-17,22,25H,5-12,21H2,1H3,(H,23,24)/t14?,16?,17-/m0/s1. The predicted octanol–water partition coefficient (Wildman–Crippen LogP) is 0.932. The summed E-state index contributed by atoms with van der Waals surface area (Å²) in [7, 11) is -0.997. The average Bonchev–Trinajstić information content (AvgIpc) is 2.63. The maximum Gasteiger partial charge on any atom is 0.547 e. The van der Waals surface area contributed by atoms with E-state index in [1.54, 1.807) is 0 Å². The van der Waals surface area contributed by atoms with Crippen LogP contribution in [0.1, 0.15) is 43.2 Å². The Morgan fingerprint density at radius 2 is 2.12 bits per heavy atom. The van der Waals surface area contributed by atoms with E-state index >= 15 is 0 Å². The van der Waals surface area contributed by atoms with Gasteiger partial charge in [-0.3, -0.25) is 4.79 Å². The molecule has 0 spiro atoms. The van der Waals surface area contributed by atoms with Gasteiger partial charge in [-0.25, -0.2) is 0 Å². The third-order valence-corrected chi connectivity index (χ3v) is 5.56. The summed E-state index contributed by atoms with van der Waals surface area (Å²) in [5.41, 5.74) is 7.57. The largest absolute Gasteiger partial charge is 0.547 e. The number of nitrogens with two attached hydrogens (primary N) is 1. The van der Waals surface area contributed by atoms with Gasteiger partial charge in [-0.15, -0.1) is 0 Å². The van der Waals surface area contributed by atoms with Crippen molar-refractivity contribution >= 4 is 13.0 Å². The monoisotopic (exact) mass is 359 g/mol. The Bertz CT molecular complexity index is 620. The number of aryl methyl sites for hydroxylation is 1. The molecule has 0 saturated heterocycles. The van der Waals surface area contributed by atoms with Crippen molar-refractivity contribution < 1.29 is 14.5 Å². The Morgan fingerprint density at radius 1 is 1.35 bits per heavy atom. The molecule has 1 saturated carbocycles. The minimum Gasteiger partial charge on any atom is -0.534 e. The van der Waals surface area contributed by atoms with Crippen LogP contribution in [0.25, 0.3) is 0 Å². The topological polar surface area (TPSA) is 96.6 Å². The molecule has 0 aromatic heterocycles. The van der Waals surface area contributed by atoms with Crippen molar-refractivity contribution in [1.82, 2.24) is 10.6 Å². The van der Waals surface area contributed by atoms with Crippen LogP contribution in [0.5, 0.6) is 5.75 Å². The average molecular weight is 359 g/mol. The first-order chi connectivity index (χ1) is 12.6. The second-order valence-electron chi connectivity index (χ2n) is 7.61. The molecule has 142 valence electrons. The molecule has 0 radical (unpaired) electrons. The number of nitrogens with one attached hydrogen (secondary N) is 2. The molecule has 1 heterocycles. The zero-order valence-electron chi connectivity index (χ0n) is 15.5. The summed E-state index contributed by atoms with van der Waals surface area (Å²) < 4.78 is 5.64. The molecule has 3 rings (SSSR count). The number of fused-ring (bicyclic) bond motifs is 1. The molecule has 1 aromatic carbocycles. The molecule has 1 aliphatic carbocycles. The highest BCUT2D eigenvalue weighted by Gasteiger charge is 2.36. The van der Waals surface area contributed by atoms with Crippen molar-refractivity contribution in [3.8, 4) is 5.75 Å². The van der Waals surface area contributed by atoms with Gasteiger partial charge in [0, 0.05) is 25.6 Å². The Balaban J connectivity index is 1.47. The van der Waals surface area contributed by atoms with Crippen molar-refractivity contribution in [1.29, 1.82) is 0 Å². The van der Waals surface area contributed by atoms with Gasteiger partial charge in [-0.2, -0.15) is 0 Å². The summed E-state index contributed by atoms with van der Waals surface area (Å²) in [4.78, 5) is 12.4. The van der Waals surface area contributed by atoms with Gasteiger partial charge in [0.1, 0.15) is 5.75 Å². The Kier molecular flexibility index (Phi) is 6.56. The van der Waals surface area contributed by atoms with Crippen LogP contribution in [0, 0.1) is 12.8 Å². The van der Waals surface area contributed by atoms with Gasteiger partial charge in [-0.1, -0.05) is 18.2 Å². The van der Waals surface area contributed by atoms with Crippen molar-refractivity contribution in [2.45, 2.75) is 57.4 Å². The van der Waals surface area contributed by atoms with Crippen molar-refractivity contribution in [2.75, 3.05) is 13.1 Å². The van der Waals surface area contributed by atoms with Crippen molar-refractivity contribution in [3.05, 3.63) is 29.3 Å². The number of carbonyl (C=O) groups is 1. The first kappa shape index (κ1) is 19.2. The molecule has 2 aliphatic rings. The van der Waals surface area contributed by atoms with Gasteiger partial charge >= 0.3 is 7.12 Å². The summed E-state index contributed by atoms with van der Waals surface area (Å²) in [5, 5.41) is 16.7. The van der Waals surface area contributed by atoms with E-state index < -0.39 is 7.12 Å². The number of benzene rings is 1. The summed E-state index contributed by atoms with van der Waals surface area (Å²) in [6, 6.07) is 6.46. The molecule has 0 unspecified atom stereocenters. The number of para-hydroxylation sites is 1. The quantitative estimate of drug-likeness (QED) is 0.567. The lowest BCUT2D eigenvalue weighted by atomic mass is 9.72. The lowest BCUT2D eigenvalue weighted by Gasteiger charge is -2.31. The number of rotatable bonds is 6.